The molecule has 0 atom stereocenters. The number of rotatable bonds is 6. The summed E-state index contributed by atoms with van der Waals surface area (Å²) in [5.74, 6) is 1.86. The van der Waals surface area contributed by atoms with E-state index in [4.69, 9.17) is 19.4 Å². The number of morpholine rings is 1. The van der Waals surface area contributed by atoms with Crippen LogP contribution in [0.4, 0.5) is 20.7 Å². The van der Waals surface area contributed by atoms with E-state index in [1.807, 2.05) is 37.3 Å². The van der Waals surface area contributed by atoms with Gasteiger partial charge in [-0.2, -0.15) is 0 Å². The number of halogens is 1. The summed E-state index contributed by atoms with van der Waals surface area (Å²) < 4.78 is 24.9. The Kier molecular flexibility index (Phi) is 7.27. The summed E-state index contributed by atoms with van der Waals surface area (Å²) >= 11 is 0. The van der Waals surface area contributed by atoms with Crippen LogP contribution in [0.5, 0.6) is 5.75 Å². The maximum Gasteiger partial charge on any atom is 0.322 e. The Morgan fingerprint density at radius 1 is 1.11 bits per heavy atom. The zero-order valence-corrected chi connectivity index (χ0v) is 20.4. The third kappa shape index (κ3) is 5.41. The monoisotopic (exact) mass is 491 g/mol. The highest BCUT2D eigenvalue weighted by Crippen LogP contribution is 2.30. The molecule has 3 aromatic rings. The molecule has 0 radical (unpaired) electrons. The van der Waals surface area contributed by atoms with Crippen LogP contribution in [0, 0.1) is 5.82 Å². The van der Waals surface area contributed by atoms with Crippen LogP contribution in [0.3, 0.4) is 0 Å². The number of fused-ring (bicyclic) bond motifs is 1. The summed E-state index contributed by atoms with van der Waals surface area (Å²) in [5, 5.41) is 3.00. The Labute approximate surface area is 210 Å². The minimum absolute atomic E-state index is 0.190. The third-order valence-electron chi connectivity index (χ3n) is 6.36. The number of hydrogen-bond acceptors (Lipinski definition) is 6. The summed E-state index contributed by atoms with van der Waals surface area (Å²) in [5.41, 5.74) is 3.37. The molecule has 36 heavy (non-hydrogen) atoms. The van der Waals surface area contributed by atoms with Crippen LogP contribution in [0.2, 0.25) is 0 Å². The lowest BCUT2D eigenvalue weighted by atomic mass is 10.0. The van der Waals surface area contributed by atoms with E-state index in [0.717, 1.165) is 35.7 Å². The van der Waals surface area contributed by atoms with E-state index in [9.17, 15) is 9.18 Å². The molecule has 0 unspecified atom stereocenters. The predicted molar refractivity (Wildman–Crippen MR) is 135 cm³/mol. The Morgan fingerprint density at radius 2 is 1.94 bits per heavy atom. The highest BCUT2D eigenvalue weighted by Gasteiger charge is 2.28. The van der Waals surface area contributed by atoms with Crippen molar-refractivity contribution < 1.29 is 18.7 Å². The molecule has 5 rings (SSSR count). The molecule has 0 spiro atoms. The van der Waals surface area contributed by atoms with Crippen LogP contribution < -0.4 is 15.0 Å². The van der Waals surface area contributed by atoms with Crippen molar-refractivity contribution >= 4 is 17.5 Å². The number of carbonyl (C=O) groups is 1. The molecule has 0 saturated carbocycles. The first-order chi connectivity index (χ1) is 17.6. The van der Waals surface area contributed by atoms with Crippen molar-refractivity contribution in [3.8, 4) is 5.75 Å². The highest BCUT2D eigenvalue weighted by atomic mass is 19.1. The Morgan fingerprint density at radius 3 is 2.75 bits per heavy atom. The Bertz CT molecular complexity index is 1230. The second-order valence-electron chi connectivity index (χ2n) is 8.83. The van der Waals surface area contributed by atoms with Gasteiger partial charge in [-0.15, -0.1) is 0 Å². The van der Waals surface area contributed by atoms with Crippen molar-refractivity contribution in [1.29, 1.82) is 0 Å². The van der Waals surface area contributed by atoms with E-state index in [1.165, 1.54) is 12.1 Å². The van der Waals surface area contributed by atoms with Crippen molar-refractivity contribution in [2.45, 2.75) is 26.3 Å². The first-order valence-corrected chi connectivity index (χ1v) is 12.3. The number of benzene rings is 2. The van der Waals surface area contributed by atoms with Crippen molar-refractivity contribution in [3.05, 3.63) is 77.0 Å². The lowest BCUT2D eigenvalue weighted by Crippen LogP contribution is -2.42. The molecule has 8 nitrogen and oxygen atoms in total. The first kappa shape index (κ1) is 24.0. The van der Waals surface area contributed by atoms with Crippen molar-refractivity contribution in [1.82, 2.24) is 14.9 Å². The lowest BCUT2D eigenvalue weighted by molar-refractivity contribution is 0.122. The standard InChI is InChI=1S/C27H30FN5O3/c1-2-36-24-9-4-3-8-23(24)30-27(34)33-11-10-22-21(18-33)26(32-12-14-35-15-13-32)31-25(29-22)17-19-6-5-7-20(28)16-19/h3-9,16H,2,10-15,17-18H2,1H3,(H,30,34). The van der Waals surface area contributed by atoms with E-state index in [-0.39, 0.29) is 11.8 Å². The molecule has 188 valence electrons. The second-order valence-corrected chi connectivity index (χ2v) is 8.83. The number of aromatic nitrogens is 2. The summed E-state index contributed by atoms with van der Waals surface area (Å²) in [4.78, 5) is 26.9. The molecule has 2 amide bonds. The van der Waals surface area contributed by atoms with Gasteiger partial charge in [0, 0.05) is 38.0 Å². The molecule has 2 aliphatic heterocycles. The number of carbonyl (C=O) groups excluding carboxylic acids is 1. The number of anilines is 2. The van der Waals surface area contributed by atoms with E-state index in [2.05, 4.69) is 10.2 Å². The molecule has 2 aromatic carbocycles. The van der Waals surface area contributed by atoms with Gasteiger partial charge in [-0.3, -0.25) is 0 Å². The van der Waals surface area contributed by atoms with Gasteiger partial charge in [0.05, 0.1) is 37.7 Å². The van der Waals surface area contributed by atoms with Crippen molar-refractivity contribution in [2.24, 2.45) is 0 Å². The topological polar surface area (TPSA) is 79.8 Å². The number of amides is 2. The van der Waals surface area contributed by atoms with Crippen molar-refractivity contribution in [3.63, 3.8) is 0 Å². The molecule has 1 N–H and O–H groups in total. The number of ether oxygens (including phenoxy) is 2. The molecular formula is C27H30FN5O3. The average Bonchev–Trinajstić information content (AvgIpc) is 2.90. The van der Waals surface area contributed by atoms with Gasteiger partial charge in [0.1, 0.15) is 23.2 Å². The number of urea groups is 1. The van der Waals surface area contributed by atoms with Crippen LogP contribution in [0.1, 0.15) is 29.6 Å². The maximum absolute atomic E-state index is 13.7. The van der Waals surface area contributed by atoms with Gasteiger partial charge in [-0.05, 0) is 36.8 Å². The summed E-state index contributed by atoms with van der Waals surface area (Å²) in [6.07, 6.45) is 1.06. The maximum atomic E-state index is 13.7. The number of para-hydroxylation sites is 2. The average molecular weight is 492 g/mol. The predicted octanol–water partition coefficient (Wildman–Crippen LogP) is 4.03. The first-order valence-electron chi connectivity index (χ1n) is 12.3. The van der Waals surface area contributed by atoms with Gasteiger partial charge < -0.3 is 24.6 Å². The van der Waals surface area contributed by atoms with Crippen LogP contribution in [-0.4, -0.2) is 60.4 Å². The van der Waals surface area contributed by atoms with E-state index in [0.29, 0.717) is 63.0 Å². The van der Waals surface area contributed by atoms with Gasteiger partial charge in [-0.1, -0.05) is 24.3 Å². The fraction of sp³-hybridized carbons (Fsp3) is 0.370. The fourth-order valence-electron chi connectivity index (χ4n) is 4.61. The van der Waals surface area contributed by atoms with Crippen LogP contribution in [0.25, 0.3) is 0 Å². The smallest absolute Gasteiger partial charge is 0.322 e. The number of nitrogens with one attached hydrogen (secondary N) is 1. The van der Waals surface area contributed by atoms with E-state index < -0.39 is 0 Å². The molecule has 0 aliphatic carbocycles. The van der Waals surface area contributed by atoms with Crippen LogP contribution in [-0.2, 0) is 24.1 Å². The SMILES string of the molecule is CCOc1ccccc1NC(=O)N1CCc2nc(Cc3cccc(F)c3)nc(N3CCOCC3)c2C1. The normalized spacial score (nSPS) is 15.4. The molecule has 3 heterocycles. The highest BCUT2D eigenvalue weighted by molar-refractivity contribution is 5.91. The van der Waals surface area contributed by atoms with Crippen LogP contribution in [0.15, 0.2) is 48.5 Å². The molecule has 0 bridgehead atoms. The Hall–Kier alpha value is -3.72. The lowest BCUT2D eigenvalue weighted by Gasteiger charge is -2.34. The quantitative estimate of drug-likeness (QED) is 0.561. The van der Waals surface area contributed by atoms with Gasteiger partial charge >= 0.3 is 6.03 Å². The summed E-state index contributed by atoms with van der Waals surface area (Å²) in [7, 11) is 0. The minimum Gasteiger partial charge on any atom is -0.492 e. The number of hydrogen-bond donors (Lipinski definition) is 1. The third-order valence-corrected chi connectivity index (χ3v) is 6.36. The van der Waals surface area contributed by atoms with Gasteiger partial charge in [0.25, 0.3) is 0 Å². The molecule has 1 fully saturated rings. The van der Waals surface area contributed by atoms with Crippen molar-refractivity contribution in [2.75, 3.05) is 49.7 Å². The van der Waals surface area contributed by atoms with Gasteiger partial charge in [-0.25, -0.2) is 19.2 Å². The molecule has 2 aliphatic rings. The molecule has 1 saturated heterocycles. The zero-order chi connectivity index (χ0) is 24.9. The molecular weight excluding hydrogens is 461 g/mol. The zero-order valence-electron chi connectivity index (χ0n) is 20.4. The fourth-order valence-corrected chi connectivity index (χ4v) is 4.61. The van der Waals surface area contributed by atoms with Crippen LogP contribution >= 0.6 is 0 Å². The Balaban J connectivity index is 1.40. The van der Waals surface area contributed by atoms with E-state index in [1.54, 1.807) is 11.0 Å². The molecule has 1 aromatic heterocycles. The second kappa shape index (κ2) is 10.9. The minimum atomic E-state index is -0.272. The summed E-state index contributed by atoms with van der Waals surface area (Å²) in [6, 6.07) is 13.8. The van der Waals surface area contributed by atoms with Gasteiger partial charge in [0.2, 0.25) is 0 Å². The van der Waals surface area contributed by atoms with Gasteiger partial charge in [0.15, 0.2) is 0 Å². The summed E-state index contributed by atoms with van der Waals surface area (Å²) in [6.45, 7) is 6.05. The largest absolute Gasteiger partial charge is 0.492 e. The number of nitrogens with zero attached hydrogens (tertiary/aromatic N) is 4. The van der Waals surface area contributed by atoms with E-state index >= 15 is 0 Å². The molecule has 9 heteroatoms.